The summed E-state index contributed by atoms with van der Waals surface area (Å²) in [4.78, 5) is 16.3. The van der Waals surface area contributed by atoms with Crippen molar-refractivity contribution in [3.05, 3.63) is 47.3 Å². The van der Waals surface area contributed by atoms with E-state index in [0.29, 0.717) is 17.5 Å². The molecule has 4 nitrogen and oxygen atoms in total. The van der Waals surface area contributed by atoms with Crippen LogP contribution >= 0.6 is 0 Å². The fraction of sp³-hybridized carbons (Fsp3) is 0.571. The smallest absolute Gasteiger partial charge is 0.225 e. The van der Waals surface area contributed by atoms with E-state index < -0.39 is 11.6 Å². The van der Waals surface area contributed by atoms with Crippen molar-refractivity contribution in [2.75, 3.05) is 13.1 Å². The Morgan fingerprint density at radius 3 is 2.78 bits per heavy atom. The summed E-state index contributed by atoms with van der Waals surface area (Å²) in [5, 5.41) is 0. The van der Waals surface area contributed by atoms with Gasteiger partial charge in [-0.05, 0) is 55.9 Å². The van der Waals surface area contributed by atoms with Crippen LogP contribution in [0.25, 0.3) is 0 Å². The van der Waals surface area contributed by atoms with E-state index in [9.17, 15) is 13.6 Å². The minimum absolute atomic E-state index is 0.0372. The lowest BCUT2D eigenvalue weighted by Gasteiger charge is -2.26. The lowest BCUT2D eigenvalue weighted by atomic mass is 10.0. The molecule has 0 radical (unpaired) electrons. The average molecular weight is 378 g/mol. The predicted octanol–water partition coefficient (Wildman–Crippen LogP) is 4.06. The topological polar surface area (TPSA) is 32.8 Å². The van der Waals surface area contributed by atoms with Gasteiger partial charge in [0.15, 0.2) is 11.6 Å². The highest BCUT2D eigenvalue weighted by molar-refractivity contribution is 5.75. The van der Waals surface area contributed by atoms with Crippen LogP contribution < -0.4 is 0 Å². The fourth-order valence-corrected chi connectivity index (χ4v) is 3.86. The third-order valence-electron chi connectivity index (χ3n) is 5.52. The molecular weight excluding hydrogens is 350 g/mol. The molecule has 3 atom stereocenters. The Kier molecular flexibility index (Phi) is 6.15. The third-order valence-corrected chi connectivity index (χ3v) is 5.52. The Hall–Kier alpha value is -1.95. The van der Waals surface area contributed by atoms with Crippen molar-refractivity contribution in [1.29, 1.82) is 0 Å². The van der Waals surface area contributed by atoms with Crippen LogP contribution in [0.15, 0.2) is 30.1 Å². The number of amides is 1. The fourth-order valence-electron chi connectivity index (χ4n) is 3.86. The second kappa shape index (κ2) is 8.38. The molecule has 2 fully saturated rings. The second-order valence-electron chi connectivity index (χ2n) is 7.74. The van der Waals surface area contributed by atoms with Gasteiger partial charge in [-0.15, -0.1) is 0 Å². The lowest BCUT2D eigenvalue weighted by Crippen LogP contribution is -2.30. The number of nitrogens with zero attached hydrogens (tertiary/aromatic N) is 2. The summed E-state index contributed by atoms with van der Waals surface area (Å²) in [6.07, 6.45) is 5.10. The zero-order valence-electron chi connectivity index (χ0n) is 16.3. The van der Waals surface area contributed by atoms with Gasteiger partial charge in [-0.3, -0.25) is 9.69 Å². The summed E-state index contributed by atoms with van der Waals surface area (Å²) in [7, 11) is 0. The standard InChI is InChI=1S/C21H28F2N2O2/c1-14-4-6-18-12-25(16(3)26)21(24(18)9-8-14)10-15(2)27-13-17-5-7-19(22)20(23)11-17/h5,7,10-11,14-15,18H,4,6,8-9,12-13H2,1-3H3/b21-10-/t14-,15?,18?/m1/s1. The van der Waals surface area contributed by atoms with E-state index >= 15 is 0 Å². The van der Waals surface area contributed by atoms with E-state index in [1.807, 2.05) is 17.9 Å². The zero-order chi connectivity index (χ0) is 19.6. The van der Waals surface area contributed by atoms with Crippen molar-refractivity contribution in [1.82, 2.24) is 9.80 Å². The van der Waals surface area contributed by atoms with Crippen molar-refractivity contribution in [3.8, 4) is 0 Å². The number of hydrogen-bond acceptors (Lipinski definition) is 3. The quantitative estimate of drug-likeness (QED) is 0.792. The van der Waals surface area contributed by atoms with E-state index in [1.54, 1.807) is 6.92 Å². The molecule has 3 rings (SSSR count). The molecule has 2 aliphatic rings. The molecule has 148 valence electrons. The van der Waals surface area contributed by atoms with Gasteiger partial charge in [-0.1, -0.05) is 13.0 Å². The molecule has 2 heterocycles. The van der Waals surface area contributed by atoms with Gasteiger partial charge in [0.2, 0.25) is 5.91 Å². The molecule has 0 N–H and O–H groups in total. The first-order chi connectivity index (χ1) is 12.8. The summed E-state index contributed by atoms with van der Waals surface area (Å²) in [5.74, 6) is -0.0835. The van der Waals surface area contributed by atoms with Crippen LogP contribution in [0.5, 0.6) is 0 Å². The Morgan fingerprint density at radius 2 is 2.07 bits per heavy atom. The van der Waals surface area contributed by atoms with Gasteiger partial charge in [0.1, 0.15) is 5.82 Å². The van der Waals surface area contributed by atoms with E-state index in [0.717, 1.165) is 43.9 Å². The average Bonchev–Trinajstić information content (AvgIpc) is 2.85. The van der Waals surface area contributed by atoms with Gasteiger partial charge in [0.25, 0.3) is 0 Å². The molecule has 6 heteroatoms. The third kappa shape index (κ3) is 4.67. The number of benzene rings is 1. The van der Waals surface area contributed by atoms with Crippen molar-refractivity contribution < 1.29 is 18.3 Å². The van der Waals surface area contributed by atoms with Crippen molar-refractivity contribution in [3.63, 3.8) is 0 Å². The number of hydrogen-bond donors (Lipinski definition) is 0. The minimum Gasteiger partial charge on any atom is -0.370 e. The predicted molar refractivity (Wildman–Crippen MR) is 99.6 cm³/mol. The molecule has 27 heavy (non-hydrogen) atoms. The maximum Gasteiger partial charge on any atom is 0.225 e. The maximum atomic E-state index is 13.3. The number of carbonyl (C=O) groups is 1. The summed E-state index contributed by atoms with van der Waals surface area (Å²) in [5.41, 5.74) is 0.579. The van der Waals surface area contributed by atoms with Crippen LogP contribution in [-0.4, -0.2) is 40.9 Å². The molecule has 0 bridgehead atoms. The van der Waals surface area contributed by atoms with Crippen LogP contribution in [0.3, 0.4) is 0 Å². The van der Waals surface area contributed by atoms with E-state index in [1.165, 1.54) is 12.5 Å². The Balaban J connectivity index is 1.71. The zero-order valence-corrected chi connectivity index (χ0v) is 16.3. The molecule has 0 aromatic heterocycles. The largest absolute Gasteiger partial charge is 0.370 e. The summed E-state index contributed by atoms with van der Waals surface area (Å²) in [6.45, 7) is 7.63. The molecule has 0 saturated carbocycles. The number of fused-ring (bicyclic) bond motifs is 1. The second-order valence-corrected chi connectivity index (χ2v) is 7.74. The first-order valence-electron chi connectivity index (χ1n) is 9.67. The van der Waals surface area contributed by atoms with E-state index in [4.69, 9.17) is 4.74 Å². The Morgan fingerprint density at radius 1 is 1.30 bits per heavy atom. The molecular formula is C21H28F2N2O2. The van der Waals surface area contributed by atoms with Gasteiger partial charge in [0, 0.05) is 26.1 Å². The van der Waals surface area contributed by atoms with Crippen LogP contribution in [0.2, 0.25) is 0 Å². The monoisotopic (exact) mass is 378 g/mol. The number of ether oxygens (including phenoxy) is 1. The summed E-state index contributed by atoms with van der Waals surface area (Å²) in [6, 6.07) is 4.14. The first-order valence-corrected chi connectivity index (χ1v) is 9.67. The van der Waals surface area contributed by atoms with E-state index in [-0.39, 0.29) is 18.6 Å². The molecule has 1 amide bonds. The highest BCUT2D eigenvalue weighted by atomic mass is 19.2. The Bertz CT molecular complexity index is 722. The van der Waals surface area contributed by atoms with Gasteiger partial charge in [-0.2, -0.15) is 0 Å². The molecule has 1 aromatic carbocycles. The lowest BCUT2D eigenvalue weighted by molar-refractivity contribution is -0.126. The number of rotatable bonds is 4. The van der Waals surface area contributed by atoms with Crippen LogP contribution in [0.4, 0.5) is 8.78 Å². The molecule has 2 unspecified atom stereocenters. The van der Waals surface area contributed by atoms with Gasteiger partial charge in [0.05, 0.1) is 12.7 Å². The van der Waals surface area contributed by atoms with E-state index in [2.05, 4.69) is 11.8 Å². The molecule has 1 aromatic rings. The molecule has 0 spiro atoms. The highest BCUT2D eigenvalue weighted by Gasteiger charge is 2.37. The summed E-state index contributed by atoms with van der Waals surface area (Å²) >= 11 is 0. The normalized spacial score (nSPS) is 25.4. The number of halogens is 2. The number of carbonyl (C=O) groups excluding carboxylic acids is 1. The van der Waals surface area contributed by atoms with Crippen LogP contribution in [0, 0.1) is 17.6 Å². The molecule has 2 saturated heterocycles. The summed E-state index contributed by atoms with van der Waals surface area (Å²) < 4.78 is 32.2. The molecule has 0 aliphatic carbocycles. The van der Waals surface area contributed by atoms with Crippen molar-refractivity contribution >= 4 is 5.91 Å². The minimum atomic E-state index is -0.873. The SMILES string of the molecule is CC(=O)N1CC2CC[C@@H](C)CCN2/C1=C/C(C)OCc1ccc(F)c(F)c1. The van der Waals surface area contributed by atoms with Gasteiger partial charge in [-0.25, -0.2) is 8.78 Å². The maximum absolute atomic E-state index is 13.3. The van der Waals surface area contributed by atoms with Crippen LogP contribution in [0.1, 0.15) is 45.6 Å². The van der Waals surface area contributed by atoms with Gasteiger partial charge >= 0.3 is 0 Å². The van der Waals surface area contributed by atoms with Gasteiger partial charge < -0.3 is 9.64 Å². The Labute approximate surface area is 159 Å². The van der Waals surface area contributed by atoms with Crippen molar-refractivity contribution in [2.45, 2.75) is 58.8 Å². The molecule has 2 aliphatic heterocycles. The highest BCUT2D eigenvalue weighted by Crippen LogP contribution is 2.32. The van der Waals surface area contributed by atoms with Crippen molar-refractivity contribution in [2.24, 2.45) is 5.92 Å². The first kappa shape index (κ1) is 19.8. The van der Waals surface area contributed by atoms with Crippen LogP contribution in [-0.2, 0) is 16.1 Å².